The van der Waals surface area contributed by atoms with E-state index in [0.717, 1.165) is 17.6 Å². The van der Waals surface area contributed by atoms with Crippen LogP contribution in [0.1, 0.15) is 112 Å². The summed E-state index contributed by atoms with van der Waals surface area (Å²) < 4.78 is 58.6. The number of ether oxygens (including phenoxy) is 9. The van der Waals surface area contributed by atoms with Crippen LogP contribution in [0.2, 0.25) is 10.0 Å². The van der Waals surface area contributed by atoms with E-state index < -0.39 is 78.8 Å². The molecule has 2 N–H and O–H groups in total. The normalized spacial score (nSPS) is 43.4. The molecule has 8 rings (SSSR count). The summed E-state index contributed by atoms with van der Waals surface area (Å²) in [5.41, 5.74) is 2.12. The molecule has 14 nitrogen and oxygen atoms in total. The molecule has 5 heterocycles. The fourth-order valence-electron chi connectivity index (χ4n) is 11.9. The second-order valence-electron chi connectivity index (χ2n) is 21.5. The molecule has 1 unspecified atom stereocenters. The summed E-state index contributed by atoms with van der Waals surface area (Å²) in [6.07, 6.45) is 12.4. The SMILES string of the molecule is CCC(C)[C@H]1O[C@]2(C=C[C@@H]1C)C[C@@H]1C[C@@H](C/C=C(\C)[C@@H](O[C@@H]3C[C@H](C)[C@H](O[C@@H]4C[C@H](C)/C(=N\OCc5ccc(Cl)c(Cl)c5)[C@@H](OC)O4)[C@@H](OC)O3)[C@@H](C)/C=C/C=C3\CC[C@@H]4[C@H](O)C(C)=C[C@@H](C(=O)O1)[C@]34O)O2. The highest BCUT2D eigenvalue weighted by molar-refractivity contribution is 6.42. The van der Waals surface area contributed by atoms with Crippen LogP contribution in [0.3, 0.4) is 0 Å². The largest absolute Gasteiger partial charge is 0.462 e. The number of nitrogens with zero attached hydrogens (tertiary/aromatic N) is 1. The third-order valence-corrected chi connectivity index (χ3v) is 17.0. The van der Waals surface area contributed by atoms with Crippen molar-refractivity contribution in [3.63, 3.8) is 0 Å². The molecule has 2 bridgehead atoms. The Kier molecular flexibility index (Phi) is 18.1. The van der Waals surface area contributed by atoms with Crippen LogP contribution in [-0.4, -0.2) is 109 Å². The average Bonchev–Trinajstić information content (AvgIpc) is 3.69. The summed E-state index contributed by atoms with van der Waals surface area (Å²) in [6, 6.07) is 5.29. The van der Waals surface area contributed by atoms with Crippen LogP contribution in [0.4, 0.5) is 0 Å². The minimum Gasteiger partial charge on any atom is -0.462 e. The second kappa shape index (κ2) is 23.5. The van der Waals surface area contributed by atoms with E-state index in [0.29, 0.717) is 71.8 Å². The lowest BCUT2D eigenvalue weighted by atomic mass is 9.68. The predicted molar refractivity (Wildman–Crippen MR) is 272 cm³/mol. The quantitative estimate of drug-likeness (QED) is 0.122. The fraction of sp³-hybridized carbons (Fsp3) is 0.679. The van der Waals surface area contributed by atoms with Crippen LogP contribution in [-0.2, 0) is 58.9 Å². The predicted octanol–water partition coefficient (Wildman–Crippen LogP) is 10.3. The van der Waals surface area contributed by atoms with Gasteiger partial charge in [-0.25, -0.2) is 0 Å². The molecule has 1 aromatic rings. The van der Waals surface area contributed by atoms with Crippen LogP contribution in [0, 0.1) is 41.4 Å². The fourth-order valence-corrected chi connectivity index (χ4v) is 12.2. The smallest absolute Gasteiger partial charge is 0.316 e. The van der Waals surface area contributed by atoms with Crippen molar-refractivity contribution < 1.29 is 62.5 Å². The van der Waals surface area contributed by atoms with Gasteiger partial charge >= 0.3 is 5.97 Å². The average molecular weight is 1040 g/mol. The number of rotatable bonds is 11. The van der Waals surface area contributed by atoms with Crippen molar-refractivity contribution in [2.75, 3.05) is 14.2 Å². The van der Waals surface area contributed by atoms with Crippen LogP contribution in [0.25, 0.3) is 0 Å². The summed E-state index contributed by atoms with van der Waals surface area (Å²) in [7, 11) is 3.15. The number of carbonyl (C=O) groups excluding carboxylic acids is 1. The van der Waals surface area contributed by atoms with Gasteiger partial charge < -0.3 is 57.7 Å². The zero-order valence-electron chi connectivity index (χ0n) is 43.5. The molecule has 72 heavy (non-hydrogen) atoms. The maximum Gasteiger partial charge on any atom is 0.316 e. The number of halogens is 2. The number of hydrogen-bond acceptors (Lipinski definition) is 14. The molecule has 0 radical (unpaired) electrons. The van der Waals surface area contributed by atoms with E-state index in [9.17, 15) is 15.0 Å². The highest BCUT2D eigenvalue weighted by atomic mass is 35.5. The molecule has 3 saturated heterocycles. The lowest BCUT2D eigenvalue weighted by Crippen LogP contribution is -2.55. The molecule has 1 aromatic carbocycles. The standard InChI is InChI=1S/C56H77Cl2NO13/c1-11-30(2)50-33(5)21-22-55(72-50)28-40-27-39(71-55)18-15-32(4)49(31(3)13-12-14-38-17-19-41-48(60)35(7)23-42(52(61)66-40)56(38,41)62)67-46-25-36(8)51(54(64-10)70-46)68-45-24-34(6)47(53(63-9)69-45)59-65-29-37-16-20-43(57)44(58)26-37/h12-16,20-23,26,30-31,33-34,36,39-42,45-46,48-51,53-54,60,62H,11,17-19,24-25,27-29H2,1-10H3/b13-12+,32-15+,38-14+,59-47+/t30?,31-,33-,34-,36-,39+,40-,41+,42-,45-,46-,48+,49-,50+,51-,53-,54-,55+,56-/m0/s1. The lowest BCUT2D eigenvalue weighted by molar-refractivity contribution is -0.346. The molecular weight excluding hydrogens is 966 g/mol. The molecule has 4 fully saturated rings. The van der Waals surface area contributed by atoms with Crippen molar-refractivity contribution in [2.45, 2.75) is 187 Å². The Morgan fingerprint density at radius 1 is 0.931 bits per heavy atom. The molecule has 398 valence electrons. The van der Waals surface area contributed by atoms with Crippen molar-refractivity contribution in [3.05, 3.63) is 93.1 Å². The molecule has 7 aliphatic rings. The van der Waals surface area contributed by atoms with E-state index in [2.05, 4.69) is 64.9 Å². The van der Waals surface area contributed by atoms with Crippen LogP contribution in [0.5, 0.6) is 0 Å². The van der Waals surface area contributed by atoms with E-state index >= 15 is 0 Å². The molecule has 0 amide bonds. The summed E-state index contributed by atoms with van der Waals surface area (Å²) >= 11 is 12.3. The number of aliphatic hydroxyl groups excluding tert-OH is 1. The number of esters is 1. The molecule has 5 aliphatic heterocycles. The Hall–Kier alpha value is -2.96. The first-order chi connectivity index (χ1) is 34.4. The van der Waals surface area contributed by atoms with Crippen LogP contribution < -0.4 is 0 Å². The molecular formula is C56H77Cl2NO13. The minimum absolute atomic E-state index is 0.0752. The summed E-state index contributed by atoms with van der Waals surface area (Å²) in [5, 5.41) is 29.4. The molecule has 1 saturated carbocycles. The summed E-state index contributed by atoms with van der Waals surface area (Å²) in [5.74, 6) is -3.08. The Labute approximate surface area is 436 Å². The van der Waals surface area contributed by atoms with Crippen molar-refractivity contribution in [3.8, 4) is 0 Å². The number of oxime groups is 1. The van der Waals surface area contributed by atoms with Crippen molar-refractivity contribution >= 4 is 34.9 Å². The first-order valence-corrected chi connectivity index (χ1v) is 26.8. The van der Waals surface area contributed by atoms with Crippen molar-refractivity contribution in [2.24, 2.45) is 46.6 Å². The molecule has 1 spiro atoms. The Morgan fingerprint density at radius 2 is 1.71 bits per heavy atom. The zero-order valence-corrected chi connectivity index (χ0v) is 45.1. The molecule has 16 heteroatoms. The molecule has 0 aromatic heterocycles. The lowest BCUT2D eigenvalue weighted by Gasteiger charge is -2.48. The molecule has 2 aliphatic carbocycles. The monoisotopic (exact) mass is 1040 g/mol. The molecule has 19 atom stereocenters. The number of methoxy groups -OCH3 is 2. The highest BCUT2D eigenvalue weighted by Crippen LogP contribution is 2.52. The Bertz CT molecular complexity index is 2270. The second-order valence-corrected chi connectivity index (χ2v) is 22.3. The zero-order chi connectivity index (χ0) is 51.6. The van der Waals surface area contributed by atoms with Gasteiger partial charge in [0.1, 0.15) is 36.0 Å². The van der Waals surface area contributed by atoms with Gasteiger partial charge in [0.05, 0.1) is 34.5 Å². The summed E-state index contributed by atoms with van der Waals surface area (Å²) in [6.45, 7) is 16.8. The Balaban J connectivity index is 1.01. The van der Waals surface area contributed by atoms with Gasteiger partial charge in [-0.05, 0) is 85.4 Å². The van der Waals surface area contributed by atoms with Crippen molar-refractivity contribution in [1.82, 2.24) is 0 Å². The number of allylic oxidation sites excluding steroid dienone is 2. The van der Waals surface area contributed by atoms with Gasteiger partial charge in [-0.1, -0.05) is 119 Å². The van der Waals surface area contributed by atoms with E-state index in [1.54, 1.807) is 32.4 Å². The first-order valence-electron chi connectivity index (χ1n) is 26.1. The van der Waals surface area contributed by atoms with Gasteiger partial charge in [-0.2, -0.15) is 0 Å². The van der Waals surface area contributed by atoms with Crippen molar-refractivity contribution in [1.29, 1.82) is 0 Å². The first kappa shape index (κ1) is 55.3. The maximum absolute atomic E-state index is 14.5. The third-order valence-electron chi connectivity index (χ3n) is 16.2. The van der Waals surface area contributed by atoms with Crippen LogP contribution in [0.15, 0.2) is 82.6 Å². The van der Waals surface area contributed by atoms with E-state index in [1.165, 1.54) is 0 Å². The number of carbonyl (C=O) groups is 1. The third kappa shape index (κ3) is 11.9. The topological polar surface area (TPSA) is 162 Å². The number of fused-ring (bicyclic) bond motifs is 2. The number of benzene rings is 1. The van der Waals surface area contributed by atoms with Crippen LogP contribution >= 0.6 is 23.2 Å². The van der Waals surface area contributed by atoms with E-state index in [-0.39, 0.29) is 48.4 Å². The van der Waals surface area contributed by atoms with Gasteiger partial charge in [-0.15, -0.1) is 0 Å². The van der Waals surface area contributed by atoms with Gasteiger partial charge in [0.2, 0.25) is 6.29 Å². The van der Waals surface area contributed by atoms with Gasteiger partial charge in [0.25, 0.3) is 0 Å². The van der Waals surface area contributed by atoms with Gasteiger partial charge in [0.15, 0.2) is 24.7 Å². The van der Waals surface area contributed by atoms with Gasteiger partial charge in [0, 0.05) is 63.6 Å². The number of hydrogen-bond donors (Lipinski definition) is 2. The van der Waals surface area contributed by atoms with Gasteiger partial charge in [-0.3, -0.25) is 4.79 Å². The Morgan fingerprint density at radius 3 is 2.44 bits per heavy atom. The van der Waals surface area contributed by atoms with E-state index in [1.807, 2.05) is 38.1 Å². The van der Waals surface area contributed by atoms with E-state index in [4.69, 9.17) is 70.7 Å². The summed E-state index contributed by atoms with van der Waals surface area (Å²) in [4.78, 5) is 20.2. The minimum atomic E-state index is -1.63. The maximum atomic E-state index is 14.5. The highest BCUT2D eigenvalue weighted by Gasteiger charge is 2.59. The number of aliphatic hydroxyl groups is 2.